The second-order valence-electron chi connectivity index (χ2n) is 6.88. The lowest BCUT2D eigenvalue weighted by atomic mass is 10.0. The Morgan fingerprint density at radius 2 is 1.67 bits per heavy atom. The zero-order chi connectivity index (χ0) is 21.7. The minimum absolute atomic E-state index is 0.172. The molecule has 7 nitrogen and oxygen atoms in total. The van der Waals surface area contributed by atoms with Crippen molar-refractivity contribution < 1.29 is 19.4 Å². The molecule has 1 heterocycles. The lowest BCUT2D eigenvalue weighted by Crippen LogP contribution is -2.39. The molecule has 2 N–H and O–H groups in total. The highest BCUT2D eigenvalue weighted by molar-refractivity contribution is 5.97. The lowest BCUT2D eigenvalue weighted by Gasteiger charge is -2.13. The highest BCUT2D eigenvalue weighted by Crippen LogP contribution is 2.22. The fourth-order valence-corrected chi connectivity index (χ4v) is 2.99. The van der Waals surface area contributed by atoms with Gasteiger partial charge in [0.05, 0.1) is 12.8 Å². The third kappa shape index (κ3) is 4.81. The molecule has 30 heavy (non-hydrogen) atoms. The molecule has 0 aliphatic rings. The predicted molar refractivity (Wildman–Crippen MR) is 112 cm³/mol. The van der Waals surface area contributed by atoms with Crippen LogP contribution >= 0.6 is 0 Å². The Hall–Kier alpha value is -3.74. The first-order valence-corrected chi connectivity index (χ1v) is 9.48. The predicted octanol–water partition coefficient (Wildman–Crippen LogP) is 3.04. The maximum absolute atomic E-state index is 12.5. The van der Waals surface area contributed by atoms with E-state index in [1.54, 1.807) is 6.92 Å². The molecule has 0 saturated heterocycles. The minimum atomic E-state index is -0.869. The van der Waals surface area contributed by atoms with Crippen LogP contribution in [-0.4, -0.2) is 40.1 Å². The van der Waals surface area contributed by atoms with Crippen molar-refractivity contribution in [3.63, 3.8) is 0 Å². The molecule has 3 rings (SSSR count). The average Bonchev–Trinajstić information content (AvgIpc) is 2.76. The number of benzene rings is 2. The zero-order valence-corrected chi connectivity index (χ0v) is 17.0. The van der Waals surface area contributed by atoms with Crippen LogP contribution in [-0.2, 0) is 16.0 Å². The van der Waals surface area contributed by atoms with E-state index in [-0.39, 0.29) is 17.1 Å². The van der Waals surface area contributed by atoms with Crippen molar-refractivity contribution in [3.05, 3.63) is 77.4 Å². The van der Waals surface area contributed by atoms with Crippen LogP contribution in [0.2, 0.25) is 0 Å². The van der Waals surface area contributed by atoms with Crippen LogP contribution < -0.4 is 5.32 Å². The number of carbonyl (C=O) groups excluding carboxylic acids is 2. The van der Waals surface area contributed by atoms with E-state index < -0.39 is 17.9 Å². The van der Waals surface area contributed by atoms with Crippen molar-refractivity contribution in [1.82, 2.24) is 15.3 Å². The molecule has 1 aromatic heterocycles. The van der Waals surface area contributed by atoms with E-state index in [1.807, 2.05) is 54.6 Å². The fourth-order valence-electron chi connectivity index (χ4n) is 2.99. The molecule has 0 unspecified atom stereocenters. The number of ether oxygens (including phenoxy) is 1. The van der Waals surface area contributed by atoms with Crippen molar-refractivity contribution in [2.75, 3.05) is 7.11 Å². The number of amides is 1. The van der Waals surface area contributed by atoms with Crippen molar-refractivity contribution in [2.24, 2.45) is 0 Å². The van der Waals surface area contributed by atoms with Gasteiger partial charge in [0.2, 0.25) is 0 Å². The molecule has 0 spiro atoms. The van der Waals surface area contributed by atoms with Gasteiger partial charge in [0, 0.05) is 6.42 Å². The Bertz CT molecular complexity index is 1050. The molecule has 0 bridgehead atoms. The summed E-state index contributed by atoms with van der Waals surface area (Å²) in [4.78, 5) is 32.5. The van der Waals surface area contributed by atoms with Gasteiger partial charge in [0.1, 0.15) is 11.9 Å². The first-order valence-electron chi connectivity index (χ1n) is 9.48. The van der Waals surface area contributed by atoms with E-state index >= 15 is 0 Å². The van der Waals surface area contributed by atoms with Crippen LogP contribution in [0, 0.1) is 6.92 Å². The number of hydrogen-bond donors (Lipinski definition) is 2. The van der Waals surface area contributed by atoms with Crippen LogP contribution in [0.4, 0.5) is 0 Å². The molecule has 0 fully saturated rings. The number of rotatable bonds is 6. The number of esters is 1. The normalized spacial score (nSPS) is 11.6. The first-order chi connectivity index (χ1) is 14.4. The maximum atomic E-state index is 12.5. The van der Waals surface area contributed by atoms with E-state index in [1.165, 1.54) is 14.0 Å². The van der Waals surface area contributed by atoms with Gasteiger partial charge in [-0.3, -0.25) is 4.79 Å². The highest BCUT2D eigenvalue weighted by Gasteiger charge is 2.22. The molecule has 7 heteroatoms. The summed E-state index contributed by atoms with van der Waals surface area (Å²) in [6.07, 6.45) is 0.392. The van der Waals surface area contributed by atoms with Crippen molar-refractivity contribution in [1.29, 1.82) is 0 Å². The molecular formula is C23H23N3O4. The van der Waals surface area contributed by atoms with E-state index in [0.717, 1.165) is 16.7 Å². The fraction of sp³-hybridized carbons (Fsp3) is 0.217. The Morgan fingerprint density at radius 1 is 1.03 bits per heavy atom. The largest absolute Gasteiger partial charge is 0.504 e. The molecular weight excluding hydrogens is 382 g/mol. The van der Waals surface area contributed by atoms with Gasteiger partial charge in [-0.25, -0.2) is 14.8 Å². The smallest absolute Gasteiger partial charge is 0.328 e. The number of aryl methyl sites for hydroxylation is 1. The molecule has 0 aliphatic carbocycles. The third-order valence-electron chi connectivity index (χ3n) is 4.65. The minimum Gasteiger partial charge on any atom is -0.504 e. The van der Waals surface area contributed by atoms with E-state index in [9.17, 15) is 14.7 Å². The SMILES string of the molecule is COC(=O)[C@H](C)NC(=O)c1nc(Cc2ccc(-c3ccccc3)cc2)nc(C)c1O. The van der Waals surface area contributed by atoms with Gasteiger partial charge < -0.3 is 15.2 Å². The molecule has 0 radical (unpaired) electrons. The van der Waals surface area contributed by atoms with Crippen LogP contribution in [0.15, 0.2) is 54.6 Å². The Labute approximate surface area is 174 Å². The van der Waals surface area contributed by atoms with Gasteiger partial charge in [-0.1, -0.05) is 54.6 Å². The zero-order valence-electron chi connectivity index (χ0n) is 17.0. The first kappa shape index (κ1) is 21.0. The number of methoxy groups -OCH3 is 1. The topological polar surface area (TPSA) is 101 Å². The van der Waals surface area contributed by atoms with Crippen molar-refractivity contribution in [3.8, 4) is 16.9 Å². The second kappa shape index (κ2) is 9.17. The summed E-state index contributed by atoms with van der Waals surface area (Å²) >= 11 is 0. The molecule has 2 aromatic carbocycles. The Morgan fingerprint density at radius 3 is 2.30 bits per heavy atom. The van der Waals surface area contributed by atoms with Crippen LogP contribution in [0.5, 0.6) is 5.75 Å². The quantitative estimate of drug-likeness (QED) is 0.611. The lowest BCUT2D eigenvalue weighted by molar-refractivity contribution is -0.142. The highest BCUT2D eigenvalue weighted by atomic mass is 16.5. The summed E-state index contributed by atoms with van der Waals surface area (Å²) in [6.45, 7) is 3.09. The summed E-state index contributed by atoms with van der Waals surface area (Å²) < 4.78 is 4.60. The van der Waals surface area contributed by atoms with Gasteiger partial charge in [-0.2, -0.15) is 0 Å². The Balaban J connectivity index is 1.80. The average molecular weight is 405 g/mol. The number of aromatic hydroxyl groups is 1. The monoisotopic (exact) mass is 405 g/mol. The molecule has 1 atom stereocenters. The summed E-state index contributed by atoms with van der Waals surface area (Å²) in [5, 5.41) is 12.7. The number of hydrogen-bond acceptors (Lipinski definition) is 6. The molecule has 0 aliphatic heterocycles. The second-order valence-corrected chi connectivity index (χ2v) is 6.88. The number of nitrogens with one attached hydrogen (secondary N) is 1. The summed E-state index contributed by atoms with van der Waals surface area (Å²) in [5.74, 6) is -1.18. The van der Waals surface area contributed by atoms with Gasteiger partial charge >= 0.3 is 5.97 Å². The van der Waals surface area contributed by atoms with Gasteiger partial charge in [0.15, 0.2) is 11.4 Å². The standard InChI is InChI=1S/C23H23N3O4/c1-14-21(27)20(22(28)25-15(2)23(29)30-3)26-19(24-14)13-16-9-11-18(12-10-16)17-7-5-4-6-8-17/h4-12,15,27H,13H2,1-3H3,(H,25,28)/t15-/m0/s1. The summed E-state index contributed by atoms with van der Waals surface area (Å²) in [6, 6.07) is 17.2. The molecule has 0 saturated carbocycles. The van der Waals surface area contributed by atoms with Crippen LogP contribution in [0.3, 0.4) is 0 Å². The van der Waals surface area contributed by atoms with Crippen molar-refractivity contribution >= 4 is 11.9 Å². The Kier molecular flexibility index (Phi) is 6.41. The number of aromatic nitrogens is 2. The van der Waals surface area contributed by atoms with E-state index in [0.29, 0.717) is 12.2 Å². The van der Waals surface area contributed by atoms with E-state index in [2.05, 4.69) is 20.0 Å². The van der Waals surface area contributed by atoms with Crippen molar-refractivity contribution in [2.45, 2.75) is 26.3 Å². The summed E-state index contributed by atoms with van der Waals surface area (Å²) in [7, 11) is 1.23. The van der Waals surface area contributed by atoms with Gasteiger partial charge in [-0.15, -0.1) is 0 Å². The molecule has 154 valence electrons. The van der Waals surface area contributed by atoms with E-state index in [4.69, 9.17) is 0 Å². The van der Waals surface area contributed by atoms with Gasteiger partial charge in [-0.05, 0) is 30.5 Å². The molecule has 3 aromatic rings. The number of nitrogens with zero attached hydrogens (tertiary/aromatic N) is 2. The van der Waals surface area contributed by atoms with Crippen LogP contribution in [0.25, 0.3) is 11.1 Å². The number of carbonyl (C=O) groups is 2. The summed E-state index contributed by atoms with van der Waals surface area (Å²) in [5.41, 5.74) is 3.30. The van der Waals surface area contributed by atoms with Gasteiger partial charge in [0.25, 0.3) is 5.91 Å². The van der Waals surface area contributed by atoms with Crippen LogP contribution in [0.1, 0.15) is 34.5 Å². The maximum Gasteiger partial charge on any atom is 0.328 e. The third-order valence-corrected chi connectivity index (χ3v) is 4.65. The molecule has 1 amide bonds.